The number of halogens is 1. The number of benzene rings is 1. The second-order valence-electron chi connectivity index (χ2n) is 6.67. The Balaban J connectivity index is 2.33. The van der Waals surface area contributed by atoms with Crippen LogP contribution in [0.2, 0.25) is 0 Å². The Bertz CT molecular complexity index is 472. The second-order valence-corrected chi connectivity index (χ2v) is 6.67. The van der Waals surface area contributed by atoms with E-state index in [2.05, 4.69) is 37.9 Å². The Hall–Kier alpha value is -1.09. The average Bonchev–Trinajstić information content (AvgIpc) is 2.41. The normalized spacial score (nSPS) is 27.1. The van der Waals surface area contributed by atoms with Crippen molar-refractivity contribution in [3.63, 3.8) is 0 Å². The fraction of sp³-hybridized carbons (Fsp3) is 0.647. The SMILES string of the molecule is CCC1(C)CN(c2ccc(F)c(C)c2)C(C(C)C)CN1. The summed E-state index contributed by atoms with van der Waals surface area (Å²) in [5, 5.41) is 3.69. The van der Waals surface area contributed by atoms with Gasteiger partial charge in [0, 0.05) is 30.4 Å². The molecule has 2 atom stereocenters. The lowest BCUT2D eigenvalue weighted by Crippen LogP contribution is -2.64. The van der Waals surface area contributed by atoms with Gasteiger partial charge >= 0.3 is 0 Å². The van der Waals surface area contributed by atoms with Crippen molar-refractivity contribution >= 4 is 5.69 Å². The molecule has 0 amide bonds. The van der Waals surface area contributed by atoms with Crippen LogP contribution in [0.5, 0.6) is 0 Å². The second kappa shape index (κ2) is 5.72. The number of hydrogen-bond acceptors (Lipinski definition) is 2. The largest absolute Gasteiger partial charge is 0.365 e. The molecule has 0 bridgehead atoms. The molecule has 2 unspecified atom stereocenters. The minimum atomic E-state index is -0.122. The Morgan fingerprint density at radius 1 is 1.45 bits per heavy atom. The molecule has 1 aliphatic heterocycles. The van der Waals surface area contributed by atoms with Gasteiger partial charge in [-0.2, -0.15) is 0 Å². The van der Waals surface area contributed by atoms with Crippen molar-refractivity contribution in [2.75, 3.05) is 18.0 Å². The van der Waals surface area contributed by atoms with Crippen LogP contribution >= 0.6 is 0 Å². The van der Waals surface area contributed by atoms with Crippen molar-refractivity contribution in [2.45, 2.75) is 52.6 Å². The van der Waals surface area contributed by atoms with Crippen LogP contribution in [0.4, 0.5) is 10.1 Å². The van der Waals surface area contributed by atoms with Gasteiger partial charge in [0.05, 0.1) is 0 Å². The van der Waals surface area contributed by atoms with E-state index in [4.69, 9.17) is 0 Å². The summed E-state index contributed by atoms with van der Waals surface area (Å²) in [6, 6.07) is 5.94. The molecule has 1 N–H and O–H groups in total. The number of nitrogens with zero attached hydrogens (tertiary/aromatic N) is 1. The standard InChI is InChI=1S/C17H27FN2/c1-6-17(5)11-20(16(10-19-17)12(2)3)14-7-8-15(18)13(4)9-14/h7-9,12,16,19H,6,10-11H2,1-5H3. The fourth-order valence-electron chi connectivity index (χ4n) is 2.93. The van der Waals surface area contributed by atoms with Gasteiger partial charge in [0.2, 0.25) is 0 Å². The van der Waals surface area contributed by atoms with Gasteiger partial charge in [-0.3, -0.25) is 0 Å². The molecule has 112 valence electrons. The summed E-state index contributed by atoms with van der Waals surface area (Å²) in [5.74, 6) is 0.442. The first kappa shape index (κ1) is 15.3. The molecule has 0 saturated carbocycles. The van der Waals surface area contributed by atoms with Crippen molar-refractivity contribution in [2.24, 2.45) is 5.92 Å². The van der Waals surface area contributed by atoms with Crippen molar-refractivity contribution in [3.05, 3.63) is 29.6 Å². The van der Waals surface area contributed by atoms with E-state index in [1.807, 2.05) is 19.1 Å². The molecule has 20 heavy (non-hydrogen) atoms. The highest BCUT2D eigenvalue weighted by molar-refractivity contribution is 5.51. The predicted molar refractivity (Wildman–Crippen MR) is 83.8 cm³/mol. The van der Waals surface area contributed by atoms with E-state index in [9.17, 15) is 4.39 Å². The molecule has 1 saturated heterocycles. The summed E-state index contributed by atoms with van der Waals surface area (Å²) < 4.78 is 13.5. The van der Waals surface area contributed by atoms with Gasteiger partial charge in [-0.05, 0) is 49.9 Å². The van der Waals surface area contributed by atoms with Gasteiger partial charge < -0.3 is 10.2 Å². The molecule has 0 radical (unpaired) electrons. The lowest BCUT2D eigenvalue weighted by Gasteiger charge is -2.48. The maximum Gasteiger partial charge on any atom is 0.126 e. The van der Waals surface area contributed by atoms with Crippen LogP contribution in [-0.2, 0) is 0 Å². The monoisotopic (exact) mass is 278 g/mol. The molecule has 0 aliphatic carbocycles. The molecular formula is C17H27FN2. The predicted octanol–water partition coefficient (Wildman–Crippen LogP) is 3.74. The first-order valence-corrected chi connectivity index (χ1v) is 7.64. The van der Waals surface area contributed by atoms with E-state index in [-0.39, 0.29) is 11.4 Å². The molecule has 0 spiro atoms. The maximum absolute atomic E-state index is 13.5. The van der Waals surface area contributed by atoms with Crippen LogP contribution in [0, 0.1) is 18.7 Å². The molecule has 2 nitrogen and oxygen atoms in total. The summed E-state index contributed by atoms with van der Waals surface area (Å²) in [6.07, 6.45) is 1.09. The van der Waals surface area contributed by atoms with E-state index in [1.165, 1.54) is 0 Å². The van der Waals surface area contributed by atoms with E-state index in [0.717, 1.165) is 30.8 Å². The minimum Gasteiger partial charge on any atom is -0.365 e. The Morgan fingerprint density at radius 2 is 2.15 bits per heavy atom. The van der Waals surface area contributed by atoms with Crippen molar-refractivity contribution in [1.29, 1.82) is 0 Å². The number of anilines is 1. The van der Waals surface area contributed by atoms with Crippen LogP contribution < -0.4 is 10.2 Å². The number of rotatable bonds is 3. The van der Waals surface area contributed by atoms with Crippen molar-refractivity contribution in [3.8, 4) is 0 Å². The topological polar surface area (TPSA) is 15.3 Å². The van der Waals surface area contributed by atoms with Crippen LogP contribution in [-0.4, -0.2) is 24.7 Å². The third-order valence-corrected chi connectivity index (χ3v) is 4.68. The molecule has 1 heterocycles. The summed E-state index contributed by atoms with van der Waals surface area (Å²) in [4.78, 5) is 2.46. The van der Waals surface area contributed by atoms with E-state index in [0.29, 0.717) is 12.0 Å². The first-order chi connectivity index (χ1) is 9.36. The molecule has 1 aromatic rings. The zero-order valence-electron chi connectivity index (χ0n) is 13.3. The Labute approximate surface area is 122 Å². The third-order valence-electron chi connectivity index (χ3n) is 4.68. The van der Waals surface area contributed by atoms with E-state index >= 15 is 0 Å². The van der Waals surface area contributed by atoms with Crippen LogP contribution in [0.3, 0.4) is 0 Å². The lowest BCUT2D eigenvalue weighted by atomic mass is 9.89. The Kier molecular flexibility index (Phi) is 4.38. The van der Waals surface area contributed by atoms with Crippen molar-refractivity contribution in [1.82, 2.24) is 5.32 Å². The highest BCUT2D eigenvalue weighted by Gasteiger charge is 2.35. The third kappa shape index (κ3) is 2.98. The van der Waals surface area contributed by atoms with Gasteiger partial charge in [-0.25, -0.2) is 4.39 Å². The summed E-state index contributed by atoms with van der Waals surface area (Å²) in [5.41, 5.74) is 2.00. The zero-order valence-corrected chi connectivity index (χ0v) is 13.3. The van der Waals surface area contributed by atoms with Crippen LogP contribution in [0.1, 0.15) is 39.7 Å². The molecular weight excluding hydrogens is 251 g/mol. The number of aryl methyl sites for hydroxylation is 1. The van der Waals surface area contributed by atoms with Crippen LogP contribution in [0.15, 0.2) is 18.2 Å². The number of piperazine rings is 1. The lowest BCUT2D eigenvalue weighted by molar-refractivity contribution is 0.253. The summed E-state index contributed by atoms with van der Waals surface area (Å²) >= 11 is 0. The van der Waals surface area contributed by atoms with Gasteiger partial charge in [0.25, 0.3) is 0 Å². The molecule has 0 aromatic heterocycles. The van der Waals surface area contributed by atoms with Gasteiger partial charge in [-0.1, -0.05) is 20.8 Å². The molecule has 1 aliphatic rings. The average molecular weight is 278 g/mol. The van der Waals surface area contributed by atoms with Gasteiger partial charge in [0.15, 0.2) is 0 Å². The van der Waals surface area contributed by atoms with Crippen LogP contribution in [0.25, 0.3) is 0 Å². The van der Waals surface area contributed by atoms with Crippen molar-refractivity contribution < 1.29 is 4.39 Å². The highest BCUT2D eigenvalue weighted by Crippen LogP contribution is 2.29. The first-order valence-electron chi connectivity index (χ1n) is 7.64. The molecule has 3 heteroatoms. The van der Waals surface area contributed by atoms with Gasteiger partial charge in [-0.15, -0.1) is 0 Å². The smallest absolute Gasteiger partial charge is 0.126 e. The van der Waals surface area contributed by atoms with Gasteiger partial charge in [0.1, 0.15) is 5.82 Å². The number of nitrogens with one attached hydrogen (secondary N) is 1. The minimum absolute atomic E-state index is 0.122. The summed E-state index contributed by atoms with van der Waals surface area (Å²) in [7, 11) is 0. The van der Waals surface area contributed by atoms with E-state index in [1.54, 1.807) is 6.07 Å². The Morgan fingerprint density at radius 3 is 2.70 bits per heavy atom. The number of hydrogen-bond donors (Lipinski definition) is 1. The quantitative estimate of drug-likeness (QED) is 0.906. The maximum atomic E-state index is 13.5. The zero-order chi connectivity index (χ0) is 14.9. The fourth-order valence-corrected chi connectivity index (χ4v) is 2.93. The molecule has 1 aromatic carbocycles. The summed E-state index contributed by atoms with van der Waals surface area (Å²) in [6.45, 7) is 12.8. The molecule has 1 fully saturated rings. The molecule has 2 rings (SSSR count). The highest BCUT2D eigenvalue weighted by atomic mass is 19.1. The van der Waals surface area contributed by atoms with E-state index < -0.39 is 0 Å².